The van der Waals surface area contributed by atoms with Crippen LogP contribution in [0.1, 0.15) is 37.6 Å². The van der Waals surface area contributed by atoms with Crippen molar-refractivity contribution in [3.63, 3.8) is 0 Å². The average molecular weight is 295 g/mol. The smallest absolute Gasteiger partial charge is 0.251 e. The maximum absolute atomic E-state index is 12.2. The van der Waals surface area contributed by atoms with E-state index >= 15 is 0 Å². The van der Waals surface area contributed by atoms with Crippen LogP contribution in [0.25, 0.3) is 0 Å². The van der Waals surface area contributed by atoms with Crippen LogP contribution in [0.15, 0.2) is 18.2 Å². The highest BCUT2D eigenvalue weighted by atomic mass is 16.5. The number of methoxy groups -OCH3 is 2. The molecule has 2 unspecified atom stereocenters. The summed E-state index contributed by atoms with van der Waals surface area (Å²) in [6.07, 6.45) is 0.843. The molecule has 0 aliphatic heterocycles. The molecule has 0 fully saturated rings. The first-order valence-electron chi connectivity index (χ1n) is 7.07. The summed E-state index contributed by atoms with van der Waals surface area (Å²) in [5, 5.41) is 13.1. The van der Waals surface area contributed by atoms with Gasteiger partial charge in [-0.3, -0.25) is 4.79 Å². The summed E-state index contributed by atoms with van der Waals surface area (Å²) in [4.78, 5) is 12.2. The Hall–Kier alpha value is -1.75. The second-order valence-electron chi connectivity index (χ2n) is 5.45. The molecule has 2 N–H and O–H groups in total. The lowest BCUT2D eigenvalue weighted by atomic mass is 9.88. The van der Waals surface area contributed by atoms with Crippen molar-refractivity contribution in [3.05, 3.63) is 23.8 Å². The Morgan fingerprint density at radius 1 is 1.29 bits per heavy atom. The van der Waals surface area contributed by atoms with Crippen LogP contribution in [0.4, 0.5) is 0 Å². The molecule has 2 atom stereocenters. The lowest BCUT2D eigenvalue weighted by Crippen LogP contribution is -2.45. The molecule has 0 saturated heterocycles. The summed E-state index contributed by atoms with van der Waals surface area (Å²) in [5.41, 5.74) is -0.501. The predicted molar refractivity (Wildman–Crippen MR) is 82.0 cm³/mol. The van der Waals surface area contributed by atoms with E-state index in [1.165, 1.54) is 14.2 Å². The zero-order valence-electron chi connectivity index (χ0n) is 13.4. The molecule has 0 bridgehead atoms. The van der Waals surface area contributed by atoms with Crippen LogP contribution in [-0.4, -0.2) is 37.4 Å². The number of amides is 1. The number of rotatable bonds is 7. The molecular weight excluding hydrogens is 270 g/mol. The number of hydrogen-bond donors (Lipinski definition) is 2. The first-order valence-corrected chi connectivity index (χ1v) is 7.07. The first-order chi connectivity index (χ1) is 9.83. The molecule has 1 aromatic rings. The highest BCUT2D eigenvalue weighted by Gasteiger charge is 2.27. The molecule has 1 amide bonds. The molecule has 0 spiro atoms. The molecule has 118 valence electrons. The molecule has 1 aromatic carbocycles. The van der Waals surface area contributed by atoms with E-state index in [4.69, 9.17) is 9.47 Å². The molecule has 0 saturated carbocycles. The van der Waals surface area contributed by atoms with Crippen LogP contribution in [-0.2, 0) is 0 Å². The van der Waals surface area contributed by atoms with Gasteiger partial charge in [0.2, 0.25) is 0 Å². The average Bonchev–Trinajstić information content (AvgIpc) is 2.50. The van der Waals surface area contributed by atoms with E-state index in [0.29, 0.717) is 17.1 Å². The summed E-state index contributed by atoms with van der Waals surface area (Å²) in [5.74, 6) is 0.926. The normalized spacial score (nSPS) is 15.0. The predicted octanol–water partition coefficient (Wildman–Crippen LogP) is 2.23. The van der Waals surface area contributed by atoms with Gasteiger partial charge < -0.3 is 19.9 Å². The Bertz CT molecular complexity index is 463. The van der Waals surface area contributed by atoms with Gasteiger partial charge in [-0.15, -0.1) is 0 Å². The largest absolute Gasteiger partial charge is 0.497 e. The number of nitrogens with one attached hydrogen (secondary N) is 1. The number of carbonyl (C=O) groups excluding carboxylic acids is 1. The molecule has 0 aliphatic rings. The highest BCUT2D eigenvalue weighted by molar-refractivity contribution is 5.95. The van der Waals surface area contributed by atoms with Crippen LogP contribution in [0.2, 0.25) is 0 Å². The molecule has 21 heavy (non-hydrogen) atoms. The number of hydrogen-bond acceptors (Lipinski definition) is 4. The maximum Gasteiger partial charge on any atom is 0.251 e. The standard InChI is InChI=1S/C16H25NO4/c1-6-11(2)16(3,19)10-17-15(18)12-7-13(20-4)9-14(8-12)21-5/h7-9,11,19H,6,10H2,1-5H3,(H,17,18). The fraction of sp³-hybridized carbons (Fsp3) is 0.562. The van der Waals surface area contributed by atoms with Gasteiger partial charge in [-0.05, 0) is 25.0 Å². The van der Waals surface area contributed by atoms with Gasteiger partial charge in [0.1, 0.15) is 11.5 Å². The van der Waals surface area contributed by atoms with E-state index < -0.39 is 5.60 Å². The van der Waals surface area contributed by atoms with Gasteiger partial charge >= 0.3 is 0 Å². The zero-order chi connectivity index (χ0) is 16.0. The van der Waals surface area contributed by atoms with E-state index in [1.807, 2.05) is 13.8 Å². The third kappa shape index (κ3) is 4.63. The highest BCUT2D eigenvalue weighted by Crippen LogP contribution is 2.23. The van der Waals surface area contributed by atoms with Crippen molar-refractivity contribution in [1.29, 1.82) is 0 Å². The van der Waals surface area contributed by atoms with Gasteiger partial charge in [-0.2, -0.15) is 0 Å². The monoisotopic (exact) mass is 295 g/mol. The molecule has 0 radical (unpaired) electrons. The summed E-state index contributed by atoms with van der Waals surface area (Å²) in [7, 11) is 3.06. The Labute approximate surface area is 126 Å². The van der Waals surface area contributed by atoms with Crippen molar-refractivity contribution in [2.24, 2.45) is 5.92 Å². The van der Waals surface area contributed by atoms with Crippen molar-refractivity contribution < 1.29 is 19.4 Å². The van der Waals surface area contributed by atoms with Gasteiger partial charge in [0.25, 0.3) is 5.91 Å². The van der Waals surface area contributed by atoms with Crippen LogP contribution < -0.4 is 14.8 Å². The number of benzene rings is 1. The molecule has 0 aromatic heterocycles. The summed E-state index contributed by atoms with van der Waals surface area (Å²) >= 11 is 0. The quantitative estimate of drug-likeness (QED) is 0.809. The van der Waals surface area contributed by atoms with E-state index in [9.17, 15) is 9.90 Å². The van der Waals surface area contributed by atoms with Crippen molar-refractivity contribution in [1.82, 2.24) is 5.32 Å². The fourth-order valence-corrected chi connectivity index (χ4v) is 1.91. The third-order valence-electron chi connectivity index (χ3n) is 3.89. The van der Waals surface area contributed by atoms with Gasteiger partial charge in [-0.25, -0.2) is 0 Å². The Morgan fingerprint density at radius 2 is 1.81 bits per heavy atom. The van der Waals surface area contributed by atoms with Crippen molar-refractivity contribution in [3.8, 4) is 11.5 Å². The third-order valence-corrected chi connectivity index (χ3v) is 3.89. The maximum atomic E-state index is 12.2. The SMILES string of the molecule is CCC(C)C(C)(O)CNC(=O)c1cc(OC)cc(OC)c1. The second-order valence-corrected chi connectivity index (χ2v) is 5.45. The topological polar surface area (TPSA) is 67.8 Å². The minimum Gasteiger partial charge on any atom is -0.497 e. The summed E-state index contributed by atoms with van der Waals surface area (Å²) < 4.78 is 10.3. The van der Waals surface area contributed by atoms with Crippen molar-refractivity contribution in [2.45, 2.75) is 32.8 Å². The Balaban J connectivity index is 2.80. The minimum atomic E-state index is -0.937. The molecule has 0 heterocycles. The Morgan fingerprint density at radius 3 is 2.24 bits per heavy atom. The summed E-state index contributed by atoms with van der Waals surface area (Å²) in [6.45, 7) is 5.89. The lowest BCUT2D eigenvalue weighted by molar-refractivity contribution is 0.00592. The second kappa shape index (κ2) is 7.31. The fourth-order valence-electron chi connectivity index (χ4n) is 1.91. The number of aliphatic hydroxyl groups is 1. The molecular formula is C16H25NO4. The van der Waals surface area contributed by atoms with E-state index in [1.54, 1.807) is 25.1 Å². The van der Waals surface area contributed by atoms with Crippen LogP contribution >= 0.6 is 0 Å². The molecule has 1 rings (SSSR count). The lowest BCUT2D eigenvalue weighted by Gasteiger charge is -2.29. The van der Waals surface area contributed by atoms with Gasteiger partial charge in [0, 0.05) is 18.2 Å². The zero-order valence-corrected chi connectivity index (χ0v) is 13.4. The van der Waals surface area contributed by atoms with E-state index in [0.717, 1.165) is 6.42 Å². The first kappa shape index (κ1) is 17.3. The minimum absolute atomic E-state index is 0.0950. The van der Waals surface area contributed by atoms with Crippen LogP contribution in [0.5, 0.6) is 11.5 Å². The Kier molecular flexibility index (Phi) is 6.03. The van der Waals surface area contributed by atoms with Gasteiger partial charge in [0.15, 0.2) is 0 Å². The molecule has 5 nitrogen and oxygen atoms in total. The van der Waals surface area contributed by atoms with Crippen LogP contribution in [0, 0.1) is 5.92 Å². The summed E-state index contributed by atoms with van der Waals surface area (Å²) in [6, 6.07) is 4.97. The van der Waals surface area contributed by atoms with Crippen LogP contribution in [0.3, 0.4) is 0 Å². The molecule has 5 heteroatoms. The number of carbonyl (C=O) groups is 1. The van der Waals surface area contributed by atoms with Crippen molar-refractivity contribution >= 4 is 5.91 Å². The van der Waals surface area contributed by atoms with Gasteiger partial charge in [0.05, 0.1) is 19.8 Å². The van der Waals surface area contributed by atoms with Crippen molar-refractivity contribution in [2.75, 3.05) is 20.8 Å². The molecule has 0 aliphatic carbocycles. The van der Waals surface area contributed by atoms with Gasteiger partial charge in [-0.1, -0.05) is 20.3 Å². The number of ether oxygens (including phenoxy) is 2. The van der Waals surface area contributed by atoms with E-state index in [-0.39, 0.29) is 18.4 Å². The van der Waals surface area contributed by atoms with E-state index in [2.05, 4.69) is 5.32 Å².